The average Bonchev–Trinajstić information content (AvgIpc) is 3.01. The Hall–Kier alpha value is -1.57. The van der Waals surface area contributed by atoms with Crippen LogP contribution in [0.4, 0.5) is 13.2 Å². The van der Waals surface area contributed by atoms with E-state index in [-0.39, 0.29) is 19.5 Å². The normalized spacial score (nSPS) is 21.0. The summed E-state index contributed by atoms with van der Waals surface area (Å²) in [5.74, 6) is -2.45. The molecule has 1 aliphatic heterocycles. The van der Waals surface area contributed by atoms with Crippen molar-refractivity contribution in [3.05, 3.63) is 22.4 Å². The summed E-state index contributed by atoms with van der Waals surface area (Å²) in [6.45, 7) is 2.57. The van der Waals surface area contributed by atoms with E-state index in [9.17, 15) is 22.8 Å². The lowest BCUT2D eigenvalue weighted by atomic mass is 9.88. The van der Waals surface area contributed by atoms with Crippen LogP contribution in [0.1, 0.15) is 30.6 Å². The van der Waals surface area contributed by atoms with Gasteiger partial charge in [0.1, 0.15) is 0 Å². The Labute approximate surface area is 130 Å². The van der Waals surface area contributed by atoms with Crippen LogP contribution in [-0.2, 0) is 4.79 Å². The molecule has 8 heteroatoms. The van der Waals surface area contributed by atoms with Gasteiger partial charge in [0.15, 0.2) is 0 Å². The van der Waals surface area contributed by atoms with E-state index in [1.165, 1.54) is 30.1 Å². The van der Waals surface area contributed by atoms with Crippen molar-refractivity contribution >= 4 is 23.2 Å². The Balaban J connectivity index is 1.97. The first kappa shape index (κ1) is 16.8. The molecule has 2 amide bonds. The highest BCUT2D eigenvalue weighted by Gasteiger charge is 2.56. The zero-order chi connectivity index (χ0) is 16.5. The zero-order valence-electron chi connectivity index (χ0n) is 12.2. The van der Waals surface area contributed by atoms with E-state index in [2.05, 4.69) is 5.32 Å². The number of hydrogen-bond donors (Lipinski definition) is 1. The number of likely N-dealkylation sites (tertiary alicyclic amines) is 1. The first-order valence-electron chi connectivity index (χ1n) is 6.81. The molecule has 0 aromatic carbocycles. The van der Waals surface area contributed by atoms with Gasteiger partial charge in [0.05, 0.1) is 12.5 Å². The molecule has 4 nitrogen and oxygen atoms in total. The van der Waals surface area contributed by atoms with Crippen molar-refractivity contribution in [1.82, 2.24) is 10.2 Å². The molecule has 2 heterocycles. The van der Waals surface area contributed by atoms with Crippen LogP contribution in [0.15, 0.2) is 16.8 Å². The molecular weight excluding hydrogens is 317 g/mol. The summed E-state index contributed by atoms with van der Waals surface area (Å²) in [5.41, 5.74) is -0.866. The molecule has 1 aromatic rings. The minimum Gasteiger partial charge on any atom is -0.343 e. The van der Waals surface area contributed by atoms with Gasteiger partial charge in [-0.1, -0.05) is 0 Å². The second-order valence-corrected chi connectivity index (χ2v) is 6.56. The van der Waals surface area contributed by atoms with Gasteiger partial charge in [0, 0.05) is 23.0 Å². The molecule has 2 rings (SSSR count). The quantitative estimate of drug-likeness (QED) is 0.924. The second kappa shape index (κ2) is 5.91. The van der Waals surface area contributed by atoms with Crippen LogP contribution < -0.4 is 5.32 Å². The number of halogens is 3. The summed E-state index contributed by atoms with van der Waals surface area (Å²) in [5, 5.41) is 5.82. The Morgan fingerprint density at radius 2 is 2.14 bits per heavy atom. The Kier molecular flexibility index (Phi) is 4.51. The predicted molar refractivity (Wildman–Crippen MR) is 76.6 cm³/mol. The smallest absolute Gasteiger partial charge is 0.343 e. The number of amides is 2. The van der Waals surface area contributed by atoms with E-state index in [1.807, 2.05) is 0 Å². The van der Waals surface area contributed by atoms with Crippen LogP contribution in [0.3, 0.4) is 0 Å². The van der Waals surface area contributed by atoms with Crippen LogP contribution in [-0.4, -0.2) is 41.5 Å². The van der Waals surface area contributed by atoms with Crippen LogP contribution in [0, 0.1) is 5.92 Å². The van der Waals surface area contributed by atoms with Crippen molar-refractivity contribution < 1.29 is 22.8 Å². The third kappa shape index (κ3) is 3.26. The first-order valence-corrected chi connectivity index (χ1v) is 7.76. The number of nitrogens with zero attached hydrogens (tertiary/aromatic N) is 1. The van der Waals surface area contributed by atoms with Crippen molar-refractivity contribution in [2.24, 2.45) is 5.92 Å². The number of alkyl halides is 3. The van der Waals surface area contributed by atoms with E-state index < -0.39 is 29.4 Å². The fraction of sp³-hybridized carbons (Fsp3) is 0.571. The second-order valence-electron chi connectivity index (χ2n) is 5.78. The molecular formula is C14H17F3N2O2S. The lowest BCUT2D eigenvalue weighted by Crippen LogP contribution is -2.52. The predicted octanol–water partition coefficient (Wildman–Crippen LogP) is 2.67. The van der Waals surface area contributed by atoms with Crippen molar-refractivity contribution in [1.29, 1.82) is 0 Å². The summed E-state index contributed by atoms with van der Waals surface area (Å²) < 4.78 is 39.0. The van der Waals surface area contributed by atoms with Gasteiger partial charge in [-0.2, -0.15) is 24.5 Å². The molecule has 0 spiro atoms. The van der Waals surface area contributed by atoms with Crippen molar-refractivity contribution in [3.8, 4) is 0 Å². The van der Waals surface area contributed by atoms with Gasteiger partial charge in [-0.3, -0.25) is 9.59 Å². The topological polar surface area (TPSA) is 49.4 Å². The number of carbonyl (C=O) groups excluding carboxylic acids is 2. The molecule has 0 saturated carbocycles. The molecule has 1 saturated heterocycles. The fourth-order valence-electron chi connectivity index (χ4n) is 2.85. The third-order valence-corrected chi connectivity index (χ3v) is 4.75. The number of nitrogens with one attached hydrogen (secondary N) is 1. The molecule has 0 aliphatic carbocycles. The van der Waals surface area contributed by atoms with Gasteiger partial charge in [-0.15, -0.1) is 0 Å². The Bertz CT molecular complexity index is 555. The van der Waals surface area contributed by atoms with E-state index in [1.54, 1.807) is 16.8 Å². The highest BCUT2D eigenvalue weighted by Crippen LogP contribution is 2.44. The van der Waals surface area contributed by atoms with E-state index in [4.69, 9.17) is 0 Å². The molecule has 1 aromatic heterocycles. The van der Waals surface area contributed by atoms with Gasteiger partial charge >= 0.3 is 6.18 Å². The number of thiophene rings is 1. The summed E-state index contributed by atoms with van der Waals surface area (Å²) in [6, 6.07) is 1.62. The number of carbonyl (C=O) groups is 2. The molecule has 1 fully saturated rings. The van der Waals surface area contributed by atoms with Crippen LogP contribution >= 0.6 is 11.3 Å². The molecule has 1 atom stereocenters. The zero-order valence-corrected chi connectivity index (χ0v) is 13.1. The third-order valence-electron chi connectivity index (χ3n) is 4.07. The summed E-state index contributed by atoms with van der Waals surface area (Å²) in [7, 11) is 0. The minimum absolute atomic E-state index is 0.0460. The van der Waals surface area contributed by atoms with Gasteiger partial charge in [-0.05, 0) is 31.7 Å². The maximum Gasteiger partial charge on any atom is 0.394 e. The Morgan fingerprint density at radius 3 is 2.64 bits per heavy atom. The monoisotopic (exact) mass is 334 g/mol. The van der Waals surface area contributed by atoms with Crippen LogP contribution in [0.5, 0.6) is 0 Å². The summed E-state index contributed by atoms with van der Waals surface area (Å²) >= 11 is 1.35. The maximum atomic E-state index is 13.0. The van der Waals surface area contributed by atoms with Crippen LogP contribution in [0.25, 0.3) is 0 Å². The molecule has 22 heavy (non-hydrogen) atoms. The lowest BCUT2D eigenvalue weighted by Gasteiger charge is -2.36. The molecule has 1 aliphatic rings. The summed E-state index contributed by atoms with van der Waals surface area (Å²) in [4.78, 5) is 25.1. The largest absolute Gasteiger partial charge is 0.394 e. The lowest BCUT2D eigenvalue weighted by molar-refractivity contribution is -0.192. The summed E-state index contributed by atoms with van der Waals surface area (Å²) in [6.07, 6.45) is -4.45. The van der Waals surface area contributed by atoms with Gasteiger partial charge in [-0.25, -0.2) is 0 Å². The van der Waals surface area contributed by atoms with Crippen LogP contribution in [0.2, 0.25) is 0 Å². The Morgan fingerprint density at radius 1 is 1.45 bits per heavy atom. The molecule has 0 bridgehead atoms. The van der Waals surface area contributed by atoms with Gasteiger partial charge in [0.2, 0.25) is 5.91 Å². The maximum absolute atomic E-state index is 13.0. The van der Waals surface area contributed by atoms with E-state index >= 15 is 0 Å². The SMILES string of the molecule is CC1(C)[C@H](C(F)(F)F)CCN1C(=O)CNC(=O)c1ccsc1. The number of rotatable bonds is 3. The standard InChI is InChI=1S/C14H17F3N2O2S/c1-13(2)10(14(15,16)17)3-5-19(13)11(20)7-18-12(21)9-4-6-22-8-9/h4,6,8,10H,3,5,7H2,1-2H3,(H,18,21)/t10-/m1/s1. The van der Waals surface area contributed by atoms with Crippen molar-refractivity contribution in [3.63, 3.8) is 0 Å². The van der Waals surface area contributed by atoms with Crippen molar-refractivity contribution in [2.45, 2.75) is 32.0 Å². The molecule has 1 N–H and O–H groups in total. The van der Waals surface area contributed by atoms with Gasteiger partial charge < -0.3 is 10.2 Å². The van der Waals surface area contributed by atoms with E-state index in [0.717, 1.165) is 0 Å². The highest BCUT2D eigenvalue weighted by atomic mass is 32.1. The highest BCUT2D eigenvalue weighted by molar-refractivity contribution is 7.08. The molecule has 0 radical (unpaired) electrons. The first-order chi connectivity index (χ1) is 10.1. The minimum atomic E-state index is -4.33. The van der Waals surface area contributed by atoms with Gasteiger partial charge in [0.25, 0.3) is 5.91 Å². The van der Waals surface area contributed by atoms with Crippen molar-refractivity contribution in [2.75, 3.05) is 13.1 Å². The van der Waals surface area contributed by atoms with E-state index in [0.29, 0.717) is 5.56 Å². The fourth-order valence-corrected chi connectivity index (χ4v) is 3.48. The molecule has 122 valence electrons. The average molecular weight is 334 g/mol. The molecule has 0 unspecified atom stereocenters. The number of hydrogen-bond acceptors (Lipinski definition) is 3.